The lowest BCUT2D eigenvalue weighted by Crippen LogP contribution is -2.26. The van der Waals surface area contributed by atoms with Crippen LogP contribution in [0, 0.1) is 6.92 Å². The van der Waals surface area contributed by atoms with Gasteiger partial charge in [0.2, 0.25) is 0 Å². The molecule has 0 aliphatic heterocycles. The fraction of sp³-hybridized carbons (Fsp3) is 0.0625. The van der Waals surface area contributed by atoms with Gasteiger partial charge in [-0.25, -0.2) is 4.98 Å². The molecular weight excluding hydrogens is 351 g/mol. The Balaban J connectivity index is 2.00. The summed E-state index contributed by atoms with van der Waals surface area (Å²) in [5, 5.41) is 2.99. The van der Waals surface area contributed by atoms with Crippen LogP contribution in [0.15, 0.2) is 41.5 Å². The fourth-order valence-corrected chi connectivity index (χ4v) is 2.68. The summed E-state index contributed by atoms with van der Waals surface area (Å²) in [4.78, 5) is 29.0. The minimum absolute atomic E-state index is 0.0952. The Hall–Kier alpha value is -2.57. The number of hydrogen-bond acceptors (Lipinski definition) is 4. The Kier molecular flexibility index (Phi) is 4.17. The number of aromatic nitrogens is 2. The number of anilines is 2. The zero-order valence-corrected chi connectivity index (χ0v) is 14.0. The molecule has 0 saturated carbocycles. The van der Waals surface area contributed by atoms with Crippen LogP contribution in [-0.4, -0.2) is 15.3 Å². The Bertz CT molecular complexity index is 1010. The van der Waals surface area contributed by atoms with E-state index in [0.29, 0.717) is 11.3 Å². The molecule has 122 valence electrons. The van der Waals surface area contributed by atoms with Crippen LogP contribution < -0.4 is 16.6 Å². The van der Waals surface area contributed by atoms with Gasteiger partial charge >= 0.3 is 0 Å². The van der Waals surface area contributed by atoms with E-state index in [1.165, 1.54) is 22.7 Å². The number of fused-ring (bicyclic) bond motifs is 1. The average Bonchev–Trinajstić information content (AvgIpc) is 2.53. The molecule has 0 atom stereocenters. The smallest absolute Gasteiger partial charge is 0.270 e. The first-order valence-corrected chi connectivity index (χ1v) is 7.66. The zero-order valence-electron chi connectivity index (χ0n) is 12.5. The van der Waals surface area contributed by atoms with E-state index in [4.69, 9.17) is 28.9 Å². The molecule has 0 aliphatic rings. The van der Waals surface area contributed by atoms with Gasteiger partial charge in [0.1, 0.15) is 11.2 Å². The van der Waals surface area contributed by atoms with Crippen molar-refractivity contribution in [2.24, 2.45) is 0 Å². The van der Waals surface area contributed by atoms with Crippen LogP contribution in [0.5, 0.6) is 0 Å². The third-order valence-electron chi connectivity index (χ3n) is 3.43. The number of hydrogen-bond donors (Lipinski definition) is 2. The molecule has 3 rings (SSSR count). The molecule has 0 fully saturated rings. The standard InChI is InChI=1S/C16H12Cl2N4O2/c1-8-2-3-13-20-6-10(16(24)22(13)7-8)15(23)21-9-4-11(17)14(19)12(18)5-9/h2-7H,19H2,1H3,(H,21,23). The topological polar surface area (TPSA) is 89.5 Å². The Labute approximate surface area is 146 Å². The summed E-state index contributed by atoms with van der Waals surface area (Å²) in [7, 11) is 0. The number of aryl methyl sites for hydroxylation is 1. The first kappa shape index (κ1) is 16.3. The Morgan fingerprint density at radius 1 is 1.25 bits per heavy atom. The first-order chi connectivity index (χ1) is 11.4. The van der Waals surface area contributed by atoms with E-state index in [1.807, 2.05) is 13.0 Å². The number of carbonyl (C=O) groups is 1. The van der Waals surface area contributed by atoms with Crippen molar-refractivity contribution in [3.8, 4) is 0 Å². The van der Waals surface area contributed by atoms with Crippen molar-refractivity contribution < 1.29 is 4.79 Å². The van der Waals surface area contributed by atoms with E-state index in [2.05, 4.69) is 10.3 Å². The van der Waals surface area contributed by atoms with Crippen molar-refractivity contribution in [1.82, 2.24) is 9.38 Å². The van der Waals surface area contributed by atoms with Crippen molar-refractivity contribution in [1.29, 1.82) is 0 Å². The molecular formula is C16H12Cl2N4O2. The number of amides is 1. The Morgan fingerprint density at radius 2 is 1.92 bits per heavy atom. The number of nitrogens with one attached hydrogen (secondary N) is 1. The number of benzene rings is 1. The van der Waals surface area contributed by atoms with Gasteiger partial charge in [-0.3, -0.25) is 14.0 Å². The van der Waals surface area contributed by atoms with Gasteiger partial charge in [0.15, 0.2) is 0 Å². The van der Waals surface area contributed by atoms with Crippen molar-refractivity contribution in [3.63, 3.8) is 0 Å². The molecule has 0 unspecified atom stereocenters. The number of halogens is 2. The Morgan fingerprint density at radius 3 is 2.58 bits per heavy atom. The van der Waals surface area contributed by atoms with E-state index in [0.717, 1.165) is 5.56 Å². The predicted molar refractivity (Wildman–Crippen MR) is 95.0 cm³/mol. The van der Waals surface area contributed by atoms with Gasteiger partial charge in [-0.2, -0.15) is 0 Å². The summed E-state index contributed by atoms with van der Waals surface area (Å²) in [5.74, 6) is -0.611. The molecule has 1 amide bonds. The summed E-state index contributed by atoms with van der Waals surface area (Å²) < 4.78 is 1.33. The highest BCUT2D eigenvalue weighted by molar-refractivity contribution is 6.39. The van der Waals surface area contributed by atoms with Crippen molar-refractivity contribution in [2.45, 2.75) is 6.92 Å². The number of pyridine rings is 1. The van der Waals surface area contributed by atoms with E-state index >= 15 is 0 Å². The lowest BCUT2D eigenvalue weighted by molar-refractivity contribution is 0.102. The van der Waals surface area contributed by atoms with E-state index in [-0.39, 0.29) is 21.3 Å². The molecule has 0 bridgehead atoms. The lowest BCUT2D eigenvalue weighted by Gasteiger charge is -2.09. The van der Waals surface area contributed by atoms with Gasteiger partial charge in [0, 0.05) is 18.1 Å². The summed E-state index contributed by atoms with van der Waals surface area (Å²) in [6.07, 6.45) is 2.86. The highest BCUT2D eigenvalue weighted by Gasteiger charge is 2.15. The molecule has 0 saturated heterocycles. The van der Waals surface area contributed by atoms with Crippen LogP contribution in [0.2, 0.25) is 10.0 Å². The number of carbonyl (C=O) groups excluding carboxylic acids is 1. The van der Waals surface area contributed by atoms with Crippen LogP contribution >= 0.6 is 23.2 Å². The number of rotatable bonds is 2. The highest BCUT2D eigenvalue weighted by atomic mass is 35.5. The van der Waals surface area contributed by atoms with Gasteiger partial charge in [-0.1, -0.05) is 29.3 Å². The maximum atomic E-state index is 12.5. The largest absolute Gasteiger partial charge is 0.396 e. The molecule has 2 aromatic heterocycles. The molecule has 8 heteroatoms. The minimum Gasteiger partial charge on any atom is -0.396 e. The minimum atomic E-state index is -0.611. The first-order valence-electron chi connectivity index (χ1n) is 6.90. The summed E-state index contributed by atoms with van der Waals surface area (Å²) in [5.41, 5.74) is 6.98. The second-order valence-electron chi connectivity index (χ2n) is 5.22. The van der Waals surface area contributed by atoms with Crippen molar-refractivity contribution in [2.75, 3.05) is 11.1 Å². The van der Waals surface area contributed by atoms with Crippen LogP contribution in [0.1, 0.15) is 15.9 Å². The van der Waals surface area contributed by atoms with Crippen LogP contribution in [0.3, 0.4) is 0 Å². The molecule has 1 aromatic carbocycles. The molecule has 6 nitrogen and oxygen atoms in total. The van der Waals surface area contributed by atoms with E-state index < -0.39 is 11.5 Å². The fourth-order valence-electron chi connectivity index (χ4n) is 2.19. The van der Waals surface area contributed by atoms with Crippen LogP contribution in [0.25, 0.3) is 5.65 Å². The lowest BCUT2D eigenvalue weighted by atomic mass is 10.2. The monoisotopic (exact) mass is 362 g/mol. The van der Waals surface area contributed by atoms with Crippen molar-refractivity contribution >= 4 is 46.1 Å². The van der Waals surface area contributed by atoms with E-state index in [1.54, 1.807) is 12.3 Å². The third kappa shape index (κ3) is 2.93. The molecule has 0 radical (unpaired) electrons. The summed E-state index contributed by atoms with van der Waals surface area (Å²) >= 11 is 11.9. The van der Waals surface area contributed by atoms with Gasteiger partial charge < -0.3 is 11.1 Å². The predicted octanol–water partition coefficient (Wildman–Crippen LogP) is 3.14. The zero-order chi connectivity index (χ0) is 17.4. The average molecular weight is 363 g/mol. The number of nitrogens with zero attached hydrogens (tertiary/aromatic N) is 2. The van der Waals surface area contributed by atoms with Crippen LogP contribution in [-0.2, 0) is 0 Å². The van der Waals surface area contributed by atoms with Gasteiger partial charge in [-0.15, -0.1) is 0 Å². The van der Waals surface area contributed by atoms with Gasteiger partial charge in [0.25, 0.3) is 11.5 Å². The molecule has 0 aliphatic carbocycles. The second kappa shape index (κ2) is 6.14. The molecule has 24 heavy (non-hydrogen) atoms. The summed E-state index contributed by atoms with van der Waals surface area (Å²) in [6, 6.07) is 6.45. The second-order valence-corrected chi connectivity index (χ2v) is 6.03. The number of nitrogens with two attached hydrogens (primary N) is 1. The van der Waals surface area contributed by atoms with Crippen LogP contribution in [0.4, 0.5) is 11.4 Å². The van der Waals surface area contributed by atoms with E-state index in [9.17, 15) is 9.59 Å². The molecule has 2 heterocycles. The quantitative estimate of drug-likeness (QED) is 0.685. The SMILES string of the molecule is Cc1ccc2ncc(C(=O)Nc3cc(Cl)c(N)c(Cl)c3)c(=O)n2c1. The highest BCUT2D eigenvalue weighted by Crippen LogP contribution is 2.31. The van der Waals surface area contributed by atoms with Gasteiger partial charge in [-0.05, 0) is 30.7 Å². The third-order valence-corrected chi connectivity index (χ3v) is 4.06. The summed E-state index contributed by atoms with van der Waals surface area (Å²) in [6.45, 7) is 1.84. The number of nitrogen functional groups attached to an aromatic ring is 1. The molecule has 0 spiro atoms. The maximum Gasteiger partial charge on any atom is 0.270 e. The molecule has 3 aromatic rings. The molecule has 3 N–H and O–H groups in total. The normalized spacial score (nSPS) is 10.8. The van der Waals surface area contributed by atoms with Crippen molar-refractivity contribution in [3.05, 3.63) is 68.2 Å². The maximum absolute atomic E-state index is 12.5. The van der Waals surface area contributed by atoms with Gasteiger partial charge in [0.05, 0.1) is 15.7 Å².